The lowest BCUT2D eigenvalue weighted by Gasteiger charge is -2.24. The third-order valence-electron chi connectivity index (χ3n) is 6.66. The van der Waals surface area contributed by atoms with E-state index >= 15 is 0 Å². The van der Waals surface area contributed by atoms with Crippen LogP contribution >= 0.6 is 0 Å². The first-order valence-electron chi connectivity index (χ1n) is 13.8. The number of nitrogens with zero attached hydrogens (tertiary/aromatic N) is 4. The van der Waals surface area contributed by atoms with Crippen LogP contribution in [0.2, 0.25) is 0 Å². The summed E-state index contributed by atoms with van der Waals surface area (Å²) < 4.78 is 56.2. The van der Waals surface area contributed by atoms with E-state index < -0.39 is 29.9 Å². The number of rotatable bonds is 21. The van der Waals surface area contributed by atoms with Crippen LogP contribution < -0.4 is 11.5 Å². The Kier molecular flexibility index (Phi) is 14.4. The Labute approximate surface area is 247 Å². The highest BCUT2D eigenvalue weighted by Crippen LogP contribution is 2.23. The van der Waals surface area contributed by atoms with Crippen molar-refractivity contribution in [3.05, 3.63) is 68.8 Å². The molecule has 0 unspecified atom stereocenters. The second-order valence-electron chi connectivity index (χ2n) is 9.72. The van der Waals surface area contributed by atoms with Crippen LogP contribution in [0.5, 0.6) is 0 Å². The van der Waals surface area contributed by atoms with Crippen molar-refractivity contribution in [2.45, 2.75) is 61.2 Å². The summed E-state index contributed by atoms with van der Waals surface area (Å²) in [5.41, 5.74) is 10.7. The first-order chi connectivity index (χ1) is 19.9. The van der Waals surface area contributed by atoms with Crippen molar-refractivity contribution < 1.29 is 26.7 Å². The Balaban J connectivity index is 2.16. The molecule has 14 nitrogen and oxygen atoms in total. The maximum Gasteiger partial charge on any atom is 0.269 e. The Morgan fingerprint density at radius 1 is 0.524 bits per heavy atom. The van der Waals surface area contributed by atoms with Gasteiger partial charge in [0.05, 0.1) is 19.6 Å². The molecule has 0 amide bonds. The number of non-ortho nitro benzene ring substituents is 2. The maximum atomic E-state index is 13.4. The summed E-state index contributed by atoms with van der Waals surface area (Å²) in [6, 6.07) is 9.41. The van der Waals surface area contributed by atoms with Crippen molar-refractivity contribution in [2.75, 3.05) is 39.3 Å². The fourth-order valence-electron chi connectivity index (χ4n) is 4.28. The minimum atomic E-state index is -3.95. The van der Waals surface area contributed by atoms with Gasteiger partial charge in [0.1, 0.15) is 0 Å². The Morgan fingerprint density at radius 3 is 1.07 bits per heavy atom. The van der Waals surface area contributed by atoms with E-state index in [1.54, 1.807) is 0 Å². The van der Waals surface area contributed by atoms with Crippen LogP contribution in [-0.2, 0) is 20.0 Å². The molecule has 16 heteroatoms. The Bertz CT molecular complexity index is 1250. The quantitative estimate of drug-likeness (QED) is 0.117. The molecule has 0 radical (unpaired) electrons. The lowest BCUT2D eigenvalue weighted by molar-refractivity contribution is -0.385. The van der Waals surface area contributed by atoms with Gasteiger partial charge in [-0.05, 0) is 75.9 Å². The molecule has 42 heavy (non-hydrogen) atoms. The van der Waals surface area contributed by atoms with Gasteiger partial charge in [-0.1, -0.05) is 12.8 Å². The van der Waals surface area contributed by atoms with Crippen molar-refractivity contribution in [2.24, 2.45) is 11.5 Å². The molecule has 0 bridgehead atoms. The topological polar surface area (TPSA) is 213 Å². The number of nitrogens with two attached hydrogens (primary N) is 2. The second kappa shape index (κ2) is 17.2. The molecule has 0 spiro atoms. The summed E-state index contributed by atoms with van der Waals surface area (Å²) in [6.07, 6.45) is 4.81. The van der Waals surface area contributed by atoms with Crippen LogP contribution in [0.1, 0.15) is 51.4 Å². The minimum Gasteiger partial charge on any atom is -0.330 e. The van der Waals surface area contributed by atoms with Gasteiger partial charge in [0, 0.05) is 50.4 Å². The summed E-state index contributed by atoms with van der Waals surface area (Å²) in [5.74, 6) is 0. The van der Waals surface area contributed by atoms with Crippen LogP contribution in [0.4, 0.5) is 11.4 Å². The lowest BCUT2D eigenvalue weighted by Crippen LogP contribution is -2.35. The van der Waals surface area contributed by atoms with Crippen molar-refractivity contribution in [1.29, 1.82) is 0 Å². The maximum absolute atomic E-state index is 13.4. The second-order valence-corrected chi connectivity index (χ2v) is 13.6. The van der Waals surface area contributed by atoms with Gasteiger partial charge in [0.15, 0.2) is 0 Å². The number of hydrogen-bond acceptors (Lipinski definition) is 10. The molecule has 4 N–H and O–H groups in total. The fourth-order valence-corrected chi connectivity index (χ4v) is 7.31. The number of nitro benzene ring substituents is 2. The standard InChI is InChI=1S/C26H40N6O8S2/c27-17-3-1-5-19-29(41(37,38)25-13-9-23(10-14-25)31(33)34)21-7-8-22-30(20-6-2-4-18-28)42(39,40)26-15-11-24(12-16-26)32(35)36/h9-16H,1-8,17-22,27-28H2. The molecule has 0 saturated heterocycles. The number of hydrogen-bond donors (Lipinski definition) is 2. The predicted molar refractivity (Wildman–Crippen MR) is 159 cm³/mol. The molecule has 2 aromatic rings. The van der Waals surface area contributed by atoms with Gasteiger partial charge in [-0.25, -0.2) is 16.8 Å². The molecule has 0 aliphatic heterocycles. The van der Waals surface area contributed by atoms with Gasteiger partial charge in [-0.2, -0.15) is 8.61 Å². The minimum absolute atomic E-state index is 0.0609. The monoisotopic (exact) mass is 628 g/mol. The summed E-state index contributed by atoms with van der Waals surface area (Å²) in [7, 11) is -7.91. The number of benzene rings is 2. The zero-order valence-corrected chi connectivity index (χ0v) is 25.2. The van der Waals surface area contributed by atoms with Gasteiger partial charge in [-0.15, -0.1) is 0 Å². The summed E-state index contributed by atoms with van der Waals surface area (Å²) >= 11 is 0. The number of unbranched alkanes of at least 4 members (excludes halogenated alkanes) is 5. The van der Waals surface area contributed by atoms with E-state index in [-0.39, 0.29) is 47.3 Å². The van der Waals surface area contributed by atoms with Crippen LogP contribution in [0, 0.1) is 20.2 Å². The SMILES string of the molecule is NCCCCCN(CCCCN(CCCCCN)S(=O)(=O)c1ccc([N+](=O)[O-])cc1)S(=O)(=O)c1ccc([N+](=O)[O-])cc1. The highest BCUT2D eigenvalue weighted by atomic mass is 32.2. The normalized spacial score (nSPS) is 12.2. The van der Waals surface area contributed by atoms with Gasteiger partial charge in [0.25, 0.3) is 11.4 Å². The van der Waals surface area contributed by atoms with Gasteiger partial charge in [-0.3, -0.25) is 20.2 Å². The van der Waals surface area contributed by atoms with Crippen LogP contribution in [-0.4, -0.2) is 74.6 Å². The van der Waals surface area contributed by atoms with Crippen molar-refractivity contribution in [3.8, 4) is 0 Å². The molecular formula is C26H40N6O8S2. The highest BCUT2D eigenvalue weighted by Gasteiger charge is 2.27. The zero-order valence-electron chi connectivity index (χ0n) is 23.5. The largest absolute Gasteiger partial charge is 0.330 e. The summed E-state index contributed by atoms with van der Waals surface area (Å²) in [5, 5.41) is 22.0. The Morgan fingerprint density at radius 2 is 0.810 bits per heavy atom. The van der Waals surface area contributed by atoms with Gasteiger partial charge in [0.2, 0.25) is 20.0 Å². The van der Waals surface area contributed by atoms with E-state index in [4.69, 9.17) is 11.5 Å². The summed E-state index contributed by atoms with van der Waals surface area (Å²) in [4.78, 5) is 20.6. The molecule has 0 saturated carbocycles. The third-order valence-corrected chi connectivity index (χ3v) is 10.5. The van der Waals surface area contributed by atoms with Gasteiger partial charge < -0.3 is 11.5 Å². The molecule has 0 atom stereocenters. The van der Waals surface area contributed by atoms with E-state index in [0.29, 0.717) is 38.8 Å². The average Bonchev–Trinajstić information content (AvgIpc) is 2.97. The van der Waals surface area contributed by atoms with E-state index in [1.807, 2.05) is 0 Å². The number of nitro groups is 2. The number of sulfonamides is 2. The molecule has 2 rings (SSSR count). The molecule has 0 aromatic heterocycles. The zero-order chi connectivity index (χ0) is 31.2. The molecule has 0 heterocycles. The lowest BCUT2D eigenvalue weighted by atomic mass is 10.2. The van der Waals surface area contributed by atoms with Crippen LogP contribution in [0.3, 0.4) is 0 Å². The predicted octanol–water partition coefficient (Wildman–Crippen LogP) is 3.22. The average molecular weight is 629 g/mol. The van der Waals surface area contributed by atoms with Crippen molar-refractivity contribution in [3.63, 3.8) is 0 Å². The first kappa shape index (κ1) is 35.2. The third kappa shape index (κ3) is 10.4. The van der Waals surface area contributed by atoms with Gasteiger partial charge >= 0.3 is 0 Å². The molecule has 234 valence electrons. The Hall–Kier alpha value is -3.02. The van der Waals surface area contributed by atoms with Crippen molar-refractivity contribution >= 4 is 31.4 Å². The molecule has 0 aliphatic rings. The summed E-state index contributed by atoms with van der Waals surface area (Å²) in [6.45, 7) is 1.67. The van der Waals surface area contributed by atoms with Crippen LogP contribution in [0.25, 0.3) is 0 Å². The first-order valence-corrected chi connectivity index (χ1v) is 16.7. The highest BCUT2D eigenvalue weighted by molar-refractivity contribution is 7.89. The molecule has 0 aliphatic carbocycles. The smallest absolute Gasteiger partial charge is 0.269 e. The molecule has 2 aromatic carbocycles. The van der Waals surface area contributed by atoms with E-state index in [0.717, 1.165) is 49.9 Å². The van der Waals surface area contributed by atoms with E-state index in [9.17, 15) is 37.1 Å². The van der Waals surface area contributed by atoms with Crippen LogP contribution in [0.15, 0.2) is 58.3 Å². The molecular weight excluding hydrogens is 588 g/mol. The molecule has 0 fully saturated rings. The van der Waals surface area contributed by atoms with E-state index in [2.05, 4.69) is 0 Å². The van der Waals surface area contributed by atoms with E-state index in [1.165, 1.54) is 32.9 Å². The van der Waals surface area contributed by atoms with Crippen molar-refractivity contribution in [1.82, 2.24) is 8.61 Å². The fraction of sp³-hybridized carbons (Fsp3) is 0.538.